The van der Waals surface area contributed by atoms with Gasteiger partial charge in [-0.1, -0.05) is 18.2 Å². The molecule has 0 bridgehead atoms. The van der Waals surface area contributed by atoms with E-state index in [0.717, 1.165) is 23.9 Å². The fourth-order valence-corrected chi connectivity index (χ4v) is 3.71. The molecule has 0 saturated heterocycles. The second-order valence-corrected chi connectivity index (χ2v) is 6.70. The van der Waals surface area contributed by atoms with Crippen LogP contribution in [0.25, 0.3) is 10.9 Å². The number of carboxylic acids is 1. The van der Waals surface area contributed by atoms with Crippen LogP contribution in [0.1, 0.15) is 50.4 Å². The van der Waals surface area contributed by atoms with E-state index < -0.39 is 5.97 Å². The maximum atomic E-state index is 12.4. The van der Waals surface area contributed by atoms with Crippen molar-refractivity contribution in [3.63, 3.8) is 0 Å². The molecule has 5 nitrogen and oxygen atoms in total. The minimum atomic E-state index is -1.10. The monoisotopic (exact) mass is 348 g/mol. The van der Waals surface area contributed by atoms with Crippen molar-refractivity contribution in [2.24, 2.45) is 0 Å². The van der Waals surface area contributed by atoms with Crippen molar-refractivity contribution >= 4 is 22.8 Å². The zero-order valence-corrected chi connectivity index (χ0v) is 14.3. The molecule has 1 heterocycles. The molecule has 1 aromatic heterocycles. The molecular weight excluding hydrogens is 328 g/mol. The van der Waals surface area contributed by atoms with E-state index in [1.165, 1.54) is 41.6 Å². The van der Waals surface area contributed by atoms with Gasteiger partial charge in [0.2, 0.25) is 0 Å². The van der Waals surface area contributed by atoms with E-state index in [0.29, 0.717) is 6.54 Å². The summed E-state index contributed by atoms with van der Waals surface area (Å²) < 4.78 is 0. The number of aromatic carboxylic acids is 1. The number of carbonyl (C=O) groups excluding carboxylic acids is 1. The van der Waals surface area contributed by atoms with Gasteiger partial charge in [-0.3, -0.25) is 4.79 Å². The summed E-state index contributed by atoms with van der Waals surface area (Å²) in [5.74, 6) is -1.48. The molecule has 1 aliphatic rings. The highest BCUT2D eigenvalue weighted by Crippen LogP contribution is 2.29. The summed E-state index contributed by atoms with van der Waals surface area (Å²) in [6.45, 7) is 0.364. The molecule has 1 amide bonds. The Morgan fingerprint density at radius 2 is 1.81 bits per heavy atom. The third-order valence-corrected chi connectivity index (χ3v) is 5.02. The third-order valence-electron chi connectivity index (χ3n) is 5.02. The molecule has 5 heteroatoms. The summed E-state index contributed by atoms with van der Waals surface area (Å²) in [7, 11) is 0. The summed E-state index contributed by atoms with van der Waals surface area (Å²) >= 11 is 0. The molecule has 0 atom stereocenters. The molecular formula is C21H20N2O3. The molecule has 26 heavy (non-hydrogen) atoms. The fraction of sp³-hybridized carbons (Fsp3) is 0.238. The number of aromatic nitrogens is 1. The number of carboxylic acid groups (broad SMARTS) is 1. The van der Waals surface area contributed by atoms with Gasteiger partial charge in [-0.2, -0.15) is 0 Å². The molecule has 0 fully saturated rings. The molecule has 0 radical (unpaired) electrons. The molecule has 4 rings (SSSR count). The van der Waals surface area contributed by atoms with Crippen molar-refractivity contribution in [3.05, 3.63) is 70.4 Å². The Morgan fingerprint density at radius 1 is 1.04 bits per heavy atom. The largest absolute Gasteiger partial charge is 0.478 e. The summed E-state index contributed by atoms with van der Waals surface area (Å²) in [6.07, 6.45) is 4.64. The number of aromatic amines is 1. The van der Waals surface area contributed by atoms with Gasteiger partial charge in [0.15, 0.2) is 0 Å². The summed E-state index contributed by atoms with van der Waals surface area (Å²) in [5, 5.41) is 13.3. The molecule has 2 aromatic carbocycles. The predicted molar refractivity (Wildman–Crippen MR) is 99.5 cm³/mol. The Hall–Kier alpha value is -3.08. The van der Waals surface area contributed by atoms with Gasteiger partial charge < -0.3 is 15.4 Å². The number of benzene rings is 2. The van der Waals surface area contributed by atoms with Gasteiger partial charge in [0.05, 0.1) is 11.1 Å². The zero-order valence-electron chi connectivity index (χ0n) is 14.3. The van der Waals surface area contributed by atoms with Crippen molar-refractivity contribution in [3.8, 4) is 0 Å². The summed E-state index contributed by atoms with van der Waals surface area (Å²) in [6, 6.07) is 12.4. The standard InChI is InChI=1S/C21H20N2O3/c24-20(15-6-1-2-7-16(15)21(25)26)22-12-13-9-10-19-17(11-13)14-5-3-4-8-18(14)23-19/h1-2,6-7,9-11,23H,3-5,8,12H2,(H,22,24)(H,25,26). The highest BCUT2D eigenvalue weighted by atomic mass is 16.4. The Morgan fingerprint density at radius 3 is 2.62 bits per heavy atom. The zero-order chi connectivity index (χ0) is 18.1. The van der Waals surface area contributed by atoms with Crippen molar-refractivity contribution in [1.82, 2.24) is 10.3 Å². The summed E-state index contributed by atoms with van der Waals surface area (Å²) in [4.78, 5) is 27.2. The predicted octanol–water partition coefficient (Wildman–Crippen LogP) is 3.67. The van der Waals surface area contributed by atoms with Crippen molar-refractivity contribution < 1.29 is 14.7 Å². The van der Waals surface area contributed by atoms with Crippen LogP contribution < -0.4 is 5.32 Å². The van der Waals surface area contributed by atoms with Crippen LogP contribution in [0.5, 0.6) is 0 Å². The maximum Gasteiger partial charge on any atom is 0.336 e. The number of rotatable bonds is 4. The number of amides is 1. The first-order valence-electron chi connectivity index (χ1n) is 8.86. The van der Waals surface area contributed by atoms with Crippen LogP contribution in [-0.4, -0.2) is 22.0 Å². The van der Waals surface area contributed by atoms with Gasteiger partial charge in [0.1, 0.15) is 0 Å². The normalized spacial score (nSPS) is 13.4. The lowest BCUT2D eigenvalue weighted by Crippen LogP contribution is -2.24. The average Bonchev–Trinajstić information content (AvgIpc) is 3.04. The number of nitrogens with one attached hydrogen (secondary N) is 2. The Labute approximate surface area is 151 Å². The second-order valence-electron chi connectivity index (χ2n) is 6.70. The van der Waals surface area contributed by atoms with Crippen molar-refractivity contribution in [1.29, 1.82) is 0 Å². The first-order valence-corrected chi connectivity index (χ1v) is 8.86. The lowest BCUT2D eigenvalue weighted by molar-refractivity contribution is 0.0691. The Kier molecular flexibility index (Phi) is 4.21. The molecule has 3 N–H and O–H groups in total. The molecule has 132 valence electrons. The SMILES string of the molecule is O=C(O)c1ccccc1C(=O)NCc1ccc2[nH]c3c(c2c1)CCCC3. The van der Waals surface area contributed by atoms with Crippen LogP contribution >= 0.6 is 0 Å². The van der Waals surface area contributed by atoms with Gasteiger partial charge in [-0.25, -0.2) is 4.79 Å². The van der Waals surface area contributed by atoms with Crippen LogP contribution in [0.4, 0.5) is 0 Å². The number of H-pyrrole nitrogens is 1. The Bertz CT molecular complexity index is 1000. The highest BCUT2D eigenvalue weighted by Gasteiger charge is 2.17. The van der Waals surface area contributed by atoms with Crippen LogP contribution in [0.2, 0.25) is 0 Å². The molecule has 0 unspecified atom stereocenters. The van der Waals surface area contributed by atoms with E-state index in [9.17, 15) is 14.7 Å². The van der Waals surface area contributed by atoms with Crippen molar-refractivity contribution in [2.75, 3.05) is 0 Å². The van der Waals surface area contributed by atoms with E-state index in [1.807, 2.05) is 6.07 Å². The molecule has 0 saturated carbocycles. The quantitative estimate of drug-likeness (QED) is 0.673. The lowest BCUT2D eigenvalue weighted by Gasteiger charge is -2.11. The van der Waals surface area contributed by atoms with Crippen LogP contribution in [-0.2, 0) is 19.4 Å². The Balaban J connectivity index is 1.55. The van der Waals surface area contributed by atoms with Crippen LogP contribution in [0, 0.1) is 0 Å². The molecule has 0 spiro atoms. The average molecular weight is 348 g/mol. The van der Waals surface area contributed by atoms with Gasteiger partial charge >= 0.3 is 5.97 Å². The van der Waals surface area contributed by atoms with Gasteiger partial charge in [-0.05, 0) is 61.1 Å². The van der Waals surface area contributed by atoms with E-state index in [4.69, 9.17) is 0 Å². The smallest absolute Gasteiger partial charge is 0.336 e. The van der Waals surface area contributed by atoms with Gasteiger partial charge in [-0.15, -0.1) is 0 Å². The number of hydrogen-bond donors (Lipinski definition) is 3. The molecule has 0 aliphatic heterocycles. The van der Waals surface area contributed by atoms with Crippen LogP contribution in [0.15, 0.2) is 42.5 Å². The van der Waals surface area contributed by atoms with E-state index >= 15 is 0 Å². The highest BCUT2D eigenvalue weighted by molar-refractivity contribution is 6.04. The van der Waals surface area contributed by atoms with Crippen LogP contribution in [0.3, 0.4) is 0 Å². The number of fused-ring (bicyclic) bond motifs is 3. The third kappa shape index (κ3) is 2.96. The topological polar surface area (TPSA) is 82.2 Å². The minimum Gasteiger partial charge on any atom is -0.478 e. The van der Waals surface area contributed by atoms with E-state index in [2.05, 4.69) is 22.4 Å². The van der Waals surface area contributed by atoms with Gasteiger partial charge in [0, 0.05) is 23.1 Å². The number of hydrogen-bond acceptors (Lipinski definition) is 2. The molecule has 1 aliphatic carbocycles. The second kappa shape index (κ2) is 6.67. The fourth-order valence-electron chi connectivity index (χ4n) is 3.71. The maximum absolute atomic E-state index is 12.4. The molecule has 3 aromatic rings. The first-order chi connectivity index (χ1) is 12.6. The number of aryl methyl sites for hydroxylation is 2. The number of carbonyl (C=O) groups is 2. The van der Waals surface area contributed by atoms with E-state index in [1.54, 1.807) is 12.1 Å². The van der Waals surface area contributed by atoms with Gasteiger partial charge in [0.25, 0.3) is 5.91 Å². The summed E-state index contributed by atoms with van der Waals surface area (Å²) in [5.41, 5.74) is 5.08. The minimum absolute atomic E-state index is 0.0140. The lowest BCUT2D eigenvalue weighted by atomic mass is 9.95. The first kappa shape index (κ1) is 16.4. The van der Waals surface area contributed by atoms with Crippen molar-refractivity contribution in [2.45, 2.75) is 32.2 Å². The van der Waals surface area contributed by atoms with E-state index in [-0.39, 0.29) is 17.0 Å².